The van der Waals surface area contributed by atoms with E-state index in [1.54, 1.807) is 7.11 Å². The quantitative estimate of drug-likeness (QED) is 0.902. The minimum absolute atomic E-state index is 0.601. The lowest BCUT2D eigenvalue weighted by atomic mass is 9.78. The summed E-state index contributed by atoms with van der Waals surface area (Å²) >= 11 is 0. The van der Waals surface area contributed by atoms with Crippen LogP contribution in [0.1, 0.15) is 24.8 Å². The maximum atomic E-state index is 5.30. The van der Waals surface area contributed by atoms with Gasteiger partial charge in [0.25, 0.3) is 0 Å². The Labute approximate surface area is 115 Å². The van der Waals surface area contributed by atoms with Crippen LogP contribution in [0.25, 0.3) is 0 Å². The molecular weight excluding hydrogens is 236 g/mol. The number of likely N-dealkylation sites (tertiary alicyclic amines) is 1. The zero-order valence-electron chi connectivity index (χ0n) is 11.8. The molecule has 19 heavy (non-hydrogen) atoms. The van der Waals surface area contributed by atoms with Gasteiger partial charge in [-0.3, -0.25) is 4.90 Å². The molecular formula is C16H24N2O. The van der Waals surface area contributed by atoms with Gasteiger partial charge < -0.3 is 10.1 Å². The molecule has 3 rings (SSSR count). The van der Waals surface area contributed by atoms with Crippen LogP contribution >= 0.6 is 0 Å². The lowest BCUT2D eigenvalue weighted by Gasteiger charge is -2.33. The van der Waals surface area contributed by atoms with Gasteiger partial charge in [-0.25, -0.2) is 0 Å². The van der Waals surface area contributed by atoms with Crippen molar-refractivity contribution < 1.29 is 4.74 Å². The summed E-state index contributed by atoms with van der Waals surface area (Å²) in [6, 6.07) is 8.47. The Morgan fingerprint density at radius 2 is 2.11 bits per heavy atom. The number of hydrogen-bond acceptors (Lipinski definition) is 3. The van der Waals surface area contributed by atoms with Gasteiger partial charge in [0, 0.05) is 13.1 Å². The topological polar surface area (TPSA) is 24.5 Å². The number of piperidine rings is 1. The molecule has 0 amide bonds. The van der Waals surface area contributed by atoms with Crippen LogP contribution in [0.2, 0.25) is 0 Å². The van der Waals surface area contributed by atoms with Crippen LogP contribution in [-0.4, -0.2) is 38.2 Å². The molecule has 2 aliphatic rings. The van der Waals surface area contributed by atoms with Gasteiger partial charge in [-0.15, -0.1) is 0 Å². The zero-order valence-corrected chi connectivity index (χ0v) is 11.8. The Morgan fingerprint density at radius 1 is 1.26 bits per heavy atom. The number of nitrogens with zero attached hydrogens (tertiary/aromatic N) is 1. The molecule has 0 atom stereocenters. The van der Waals surface area contributed by atoms with Crippen LogP contribution in [0, 0.1) is 5.41 Å². The minimum atomic E-state index is 0.601. The molecule has 3 nitrogen and oxygen atoms in total. The summed E-state index contributed by atoms with van der Waals surface area (Å²) in [7, 11) is 1.74. The molecule has 2 saturated heterocycles. The summed E-state index contributed by atoms with van der Waals surface area (Å²) in [6.45, 7) is 5.98. The Morgan fingerprint density at radius 3 is 2.89 bits per heavy atom. The first-order valence-corrected chi connectivity index (χ1v) is 7.36. The lowest BCUT2D eigenvalue weighted by molar-refractivity contribution is 0.194. The Hall–Kier alpha value is -1.06. The van der Waals surface area contributed by atoms with Crippen molar-refractivity contribution in [1.29, 1.82) is 0 Å². The average molecular weight is 260 g/mol. The Kier molecular flexibility index (Phi) is 3.76. The van der Waals surface area contributed by atoms with E-state index in [9.17, 15) is 0 Å². The average Bonchev–Trinajstić information content (AvgIpc) is 2.82. The minimum Gasteiger partial charge on any atom is -0.497 e. The third-order valence-corrected chi connectivity index (χ3v) is 4.72. The zero-order chi connectivity index (χ0) is 13.1. The van der Waals surface area contributed by atoms with E-state index in [1.807, 2.05) is 6.07 Å². The van der Waals surface area contributed by atoms with Crippen LogP contribution in [0.5, 0.6) is 5.75 Å². The molecule has 0 unspecified atom stereocenters. The summed E-state index contributed by atoms with van der Waals surface area (Å²) in [4.78, 5) is 2.61. The molecule has 2 heterocycles. The number of benzene rings is 1. The monoisotopic (exact) mass is 260 g/mol. The van der Waals surface area contributed by atoms with Crippen molar-refractivity contribution in [2.75, 3.05) is 33.3 Å². The molecule has 0 saturated carbocycles. The third-order valence-electron chi connectivity index (χ3n) is 4.72. The van der Waals surface area contributed by atoms with Crippen LogP contribution in [0.4, 0.5) is 0 Å². The van der Waals surface area contributed by atoms with E-state index in [-0.39, 0.29) is 0 Å². The first-order chi connectivity index (χ1) is 9.30. The third kappa shape index (κ3) is 2.93. The summed E-state index contributed by atoms with van der Waals surface area (Å²) in [6.07, 6.45) is 4.07. The number of ether oxygens (including phenoxy) is 1. The van der Waals surface area contributed by atoms with Crippen molar-refractivity contribution in [2.24, 2.45) is 5.41 Å². The van der Waals surface area contributed by atoms with Crippen molar-refractivity contribution >= 4 is 0 Å². The van der Waals surface area contributed by atoms with Gasteiger partial charge in [0.05, 0.1) is 7.11 Å². The van der Waals surface area contributed by atoms with Gasteiger partial charge in [0.2, 0.25) is 0 Å². The van der Waals surface area contributed by atoms with Gasteiger partial charge >= 0.3 is 0 Å². The summed E-state index contributed by atoms with van der Waals surface area (Å²) in [5.74, 6) is 0.966. The maximum absolute atomic E-state index is 5.30. The summed E-state index contributed by atoms with van der Waals surface area (Å²) in [5.41, 5.74) is 1.97. The van der Waals surface area contributed by atoms with Gasteiger partial charge in [-0.1, -0.05) is 12.1 Å². The molecule has 1 aromatic carbocycles. The van der Waals surface area contributed by atoms with E-state index in [2.05, 4.69) is 28.4 Å². The highest BCUT2D eigenvalue weighted by atomic mass is 16.5. The fourth-order valence-electron chi connectivity index (χ4n) is 3.56. The largest absolute Gasteiger partial charge is 0.497 e. The van der Waals surface area contributed by atoms with E-state index in [4.69, 9.17) is 4.74 Å². The highest BCUT2D eigenvalue weighted by Crippen LogP contribution is 2.39. The van der Waals surface area contributed by atoms with E-state index >= 15 is 0 Å². The number of rotatable bonds is 3. The highest BCUT2D eigenvalue weighted by Gasteiger charge is 2.38. The molecule has 1 spiro atoms. The molecule has 1 N–H and O–H groups in total. The number of hydrogen-bond donors (Lipinski definition) is 1. The number of nitrogens with one attached hydrogen (secondary N) is 1. The first kappa shape index (κ1) is 12.9. The van der Waals surface area contributed by atoms with Crippen molar-refractivity contribution in [3.63, 3.8) is 0 Å². The molecule has 2 aliphatic heterocycles. The van der Waals surface area contributed by atoms with Gasteiger partial charge in [0.15, 0.2) is 0 Å². The fourth-order valence-corrected chi connectivity index (χ4v) is 3.56. The molecule has 0 radical (unpaired) electrons. The van der Waals surface area contributed by atoms with E-state index in [0.717, 1.165) is 12.3 Å². The van der Waals surface area contributed by atoms with Crippen molar-refractivity contribution in [2.45, 2.75) is 25.8 Å². The second-order valence-corrected chi connectivity index (χ2v) is 6.06. The predicted molar refractivity (Wildman–Crippen MR) is 77.4 cm³/mol. The smallest absolute Gasteiger partial charge is 0.119 e. The summed E-state index contributed by atoms with van der Waals surface area (Å²) in [5, 5.41) is 3.48. The molecule has 3 heteroatoms. The molecule has 0 aliphatic carbocycles. The van der Waals surface area contributed by atoms with Gasteiger partial charge in [-0.2, -0.15) is 0 Å². The van der Waals surface area contributed by atoms with Crippen molar-refractivity contribution in [3.8, 4) is 5.75 Å². The van der Waals surface area contributed by atoms with Crippen molar-refractivity contribution in [1.82, 2.24) is 10.2 Å². The normalized spacial score (nSPS) is 22.8. The highest BCUT2D eigenvalue weighted by molar-refractivity contribution is 5.28. The predicted octanol–water partition coefficient (Wildman–Crippen LogP) is 2.27. The van der Waals surface area contributed by atoms with Crippen LogP contribution in [0.3, 0.4) is 0 Å². The van der Waals surface area contributed by atoms with Crippen molar-refractivity contribution in [3.05, 3.63) is 29.8 Å². The van der Waals surface area contributed by atoms with Gasteiger partial charge in [-0.05, 0) is 62.0 Å². The SMILES string of the molecule is COc1cccc(CN2CCC3(CCNCC3)C2)c1. The van der Waals surface area contributed by atoms with Crippen LogP contribution in [0.15, 0.2) is 24.3 Å². The summed E-state index contributed by atoms with van der Waals surface area (Å²) < 4.78 is 5.30. The van der Waals surface area contributed by atoms with E-state index in [0.29, 0.717) is 5.41 Å². The maximum Gasteiger partial charge on any atom is 0.119 e. The fraction of sp³-hybridized carbons (Fsp3) is 0.625. The Balaban J connectivity index is 1.61. The van der Waals surface area contributed by atoms with E-state index in [1.165, 1.54) is 51.0 Å². The molecule has 1 aromatic rings. The number of methoxy groups -OCH3 is 1. The molecule has 2 fully saturated rings. The molecule has 0 bridgehead atoms. The molecule has 104 valence electrons. The van der Waals surface area contributed by atoms with Gasteiger partial charge in [0.1, 0.15) is 5.75 Å². The van der Waals surface area contributed by atoms with Crippen LogP contribution in [-0.2, 0) is 6.54 Å². The Bertz CT molecular complexity index is 427. The van der Waals surface area contributed by atoms with E-state index < -0.39 is 0 Å². The second-order valence-electron chi connectivity index (χ2n) is 6.06. The second kappa shape index (κ2) is 5.51. The standard InChI is InChI=1S/C16H24N2O/c1-19-15-4-2-3-14(11-15)12-18-10-7-16(13-18)5-8-17-9-6-16/h2-4,11,17H,5-10,12-13H2,1H3. The van der Waals surface area contributed by atoms with Crippen LogP contribution < -0.4 is 10.1 Å². The molecule has 0 aromatic heterocycles. The first-order valence-electron chi connectivity index (χ1n) is 7.36. The lowest BCUT2D eigenvalue weighted by Crippen LogP contribution is -2.38.